The minimum atomic E-state index is -4.14. The molecule has 0 bridgehead atoms. The van der Waals surface area contributed by atoms with Crippen molar-refractivity contribution in [1.29, 1.82) is 5.26 Å². The van der Waals surface area contributed by atoms with Crippen LogP contribution in [0.25, 0.3) is 0 Å². The number of primary sulfonamides is 1. The van der Waals surface area contributed by atoms with E-state index in [9.17, 15) is 18.0 Å². The summed E-state index contributed by atoms with van der Waals surface area (Å²) in [4.78, 5) is 23.5. The van der Waals surface area contributed by atoms with Crippen LogP contribution in [0.4, 0.5) is 5.69 Å². The summed E-state index contributed by atoms with van der Waals surface area (Å²) < 4.78 is 27.7. The van der Waals surface area contributed by atoms with Crippen LogP contribution in [-0.2, 0) is 19.6 Å². The zero-order valence-electron chi connectivity index (χ0n) is 13.4. The quantitative estimate of drug-likeness (QED) is 0.701. The second-order valence-electron chi connectivity index (χ2n) is 5.12. The van der Waals surface area contributed by atoms with Gasteiger partial charge >= 0.3 is 5.97 Å². The van der Waals surface area contributed by atoms with E-state index in [1.807, 2.05) is 6.07 Å². The normalized spacial score (nSPS) is 10.7. The maximum atomic E-state index is 12.0. The molecular formula is C16H11Cl2N3O5S. The number of benzene rings is 2. The second kappa shape index (κ2) is 8.37. The summed E-state index contributed by atoms with van der Waals surface area (Å²) in [5.41, 5.74) is 0.181. The van der Waals surface area contributed by atoms with Crippen LogP contribution in [0, 0.1) is 11.3 Å². The lowest BCUT2D eigenvalue weighted by atomic mass is 10.2. The van der Waals surface area contributed by atoms with E-state index in [1.165, 1.54) is 30.3 Å². The topological polar surface area (TPSA) is 139 Å². The van der Waals surface area contributed by atoms with Crippen molar-refractivity contribution in [2.24, 2.45) is 5.14 Å². The van der Waals surface area contributed by atoms with Gasteiger partial charge in [0.15, 0.2) is 6.61 Å². The van der Waals surface area contributed by atoms with Gasteiger partial charge in [0.2, 0.25) is 10.0 Å². The number of halogens is 2. The van der Waals surface area contributed by atoms with Crippen LogP contribution in [0.2, 0.25) is 10.0 Å². The van der Waals surface area contributed by atoms with Crippen LogP contribution < -0.4 is 10.5 Å². The summed E-state index contributed by atoms with van der Waals surface area (Å²) in [5, 5.41) is 16.6. The zero-order chi connectivity index (χ0) is 20.2. The van der Waals surface area contributed by atoms with E-state index < -0.39 is 33.4 Å². The molecule has 1 amide bonds. The van der Waals surface area contributed by atoms with Gasteiger partial charge in [0, 0.05) is 5.02 Å². The Balaban J connectivity index is 2.07. The van der Waals surface area contributed by atoms with Crippen LogP contribution in [-0.4, -0.2) is 26.9 Å². The summed E-state index contributed by atoms with van der Waals surface area (Å²) >= 11 is 11.5. The van der Waals surface area contributed by atoms with Gasteiger partial charge in [-0.05, 0) is 36.4 Å². The first-order valence-corrected chi connectivity index (χ1v) is 9.41. The van der Waals surface area contributed by atoms with Gasteiger partial charge in [0.05, 0.1) is 21.8 Å². The number of carbonyl (C=O) groups is 2. The Labute approximate surface area is 164 Å². The molecule has 11 heteroatoms. The first-order chi connectivity index (χ1) is 12.6. The molecule has 2 aromatic carbocycles. The van der Waals surface area contributed by atoms with E-state index >= 15 is 0 Å². The summed E-state index contributed by atoms with van der Waals surface area (Å²) in [6, 6.07) is 9.50. The first kappa shape index (κ1) is 20.7. The van der Waals surface area contributed by atoms with E-state index in [0.717, 1.165) is 6.07 Å². The molecule has 0 aliphatic carbocycles. The van der Waals surface area contributed by atoms with Crippen LogP contribution in [0.3, 0.4) is 0 Å². The van der Waals surface area contributed by atoms with E-state index in [1.54, 1.807) is 0 Å². The molecule has 27 heavy (non-hydrogen) atoms. The van der Waals surface area contributed by atoms with Crippen LogP contribution in [0.5, 0.6) is 0 Å². The highest BCUT2D eigenvalue weighted by molar-refractivity contribution is 7.89. The lowest BCUT2D eigenvalue weighted by molar-refractivity contribution is -0.119. The Hall–Kier alpha value is -2.64. The fraction of sp³-hybridized carbons (Fsp3) is 0.0625. The van der Waals surface area contributed by atoms with E-state index in [-0.39, 0.29) is 21.8 Å². The predicted octanol–water partition coefficient (Wildman–Crippen LogP) is 2.31. The third kappa shape index (κ3) is 5.42. The summed E-state index contributed by atoms with van der Waals surface area (Å²) in [6.45, 7) is -0.677. The maximum Gasteiger partial charge on any atom is 0.338 e. The number of esters is 1. The SMILES string of the molecule is N#Cc1ccc(Cl)cc1NC(=O)COC(=O)c1ccc(Cl)c(S(N)(=O)=O)c1. The fourth-order valence-electron chi connectivity index (χ4n) is 1.97. The lowest BCUT2D eigenvalue weighted by Crippen LogP contribution is -2.21. The molecule has 0 heterocycles. The highest BCUT2D eigenvalue weighted by Crippen LogP contribution is 2.22. The van der Waals surface area contributed by atoms with Crippen LogP contribution in [0.15, 0.2) is 41.3 Å². The van der Waals surface area contributed by atoms with E-state index in [0.29, 0.717) is 5.02 Å². The van der Waals surface area contributed by atoms with Gasteiger partial charge in [-0.2, -0.15) is 5.26 Å². The van der Waals surface area contributed by atoms with Gasteiger partial charge in [-0.15, -0.1) is 0 Å². The highest BCUT2D eigenvalue weighted by atomic mass is 35.5. The van der Waals surface area contributed by atoms with Crippen LogP contribution in [0.1, 0.15) is 15.9 Å². The van der Waals surface area contributed by atoms with Crippen molar-refractivity contribution in [3.63, 3.8) is 0 Å². The molecule has 0 spiro atoms. The number of amides is 1. The van der Waals surface area contributed by atoms with Gasteiger partial charge < -0.3 is 10.1 Å². The van der Waals surface area contributed by atoms with Crippen LogP contribution >= 0.6 is 23.2 Å². The number of hydrogen-bond acceptors (Lipinski definition) is 6. The Morgan fingerprint density at radius 2 is 1.89 bits per heavy atom. The molecule has 0 saturated heterocycles. The predicted molar refractivity (Wildman–Crippen MR) is 97.9 cm³/mol. The molecule has 3 N–H and O–H groups in total. The number of carbonyl (C=O) groups excluding carboxylic acids is 2. The third-order valence-corrected chi connectivity index (χ3v) is 4.81. The Morgan fingerprint density at radius 1 is 1.19 bits per heavy atom. The van der Waals surface area contributed by atoms with Crippen molar-refractivity contribution >= 4 is 50.8 Å². The molecule has 140 valence electrons. The van der Waals surface area contributed by atoms with Gasteiger partial charge in [-0.3, -0.25) is 4.79 Å². The number of hydrogen-bond donors (Lipinski definition) is 2. The molecule has 0 aliphatic heterocycles. The number of nitrogens with two attached hydrogens (primary N) is 1. The first-order valence-electron chi connectivity index (χ1n) is 7.11. The molecule has 0 aliphatic rings. The Morgan fingerprint density at radius 3 is 2.52 bits per heavy atom. The molecule has 0 aromatic heterocycles. The molecule has 0 atom stereocenters. The van der Waals surface area contributed by atoms with Gasteiger partial charge in [-0.1, -0.05) is 23.2 Å². The minimum absolute atomic E-state index is 0.156. The molecule has 2 aromatic rings. The summed E-state index contributed by atoms with van der Waals surface area (Å²) in [5.74, 6) is -1.68. The van der Waals surface area contributed by atoms with Crippen molar-refractivity contribution < 1.29 is 22.7 Å². The van der Waals surface area contributed by atoms with Gasteiger partial charge in [0.1, 0.15) is 11.0 Å². The third-order valence-electron chi connectivity index (χ3n) is 3.18. The Kier molecular flexibility index (Phi) is 6.41. The molecule has 0 saturated carbocycles. The average Bonchev–Trinajstić information content (AvgIpc) is 2.59. The van der Waals surface area contributed by atoms with E-state index in [4.69, 9.17) is 38.3 Å². The fourth-order valence-corrected chi connectivity index (χ4v) is 3.21. The number of ether oxygens (including phenoxy) is 1. The van der Waals surface area contributed by atoms with Crippen molar-refractivity contribution in [3.8, 4) is 6.07 Å². The van der Waals surface area contributed by atoms with Gasteiger partial charge in [0.25, 0.3) is 5.91 Å². The second-order valence-corrected chi connectivity index (χ2v) is 7.49. The standard InChI is InChI=1S/C16H11Cl2N3O5S/c17-11-3-1-10(7-19)13(6-11)21-15(22)8-26-16(23)9-2-4-12(18)14(5-9)27(20,24)25/h1-6H,8H2,(H,21,22)(H2,20,24,25). The van der Waals surface area contributed by atoms with Gasteiger partial charge in [-0.25, -0.2) is 18.4 Å². The number of nitriles is 1. The number of anilines is 1. The van der Waals surface area contributed by atoms with Crippen molar-refractivity contribution in [1.82, 2.24) is 0 Å². The summed E-state index contributed by atoms with van der Waals surface area (Å²) in [6.07, 6.45) is 0. The molecule has 2 rings (SSSR count). The highest BCUT2D eigenvalue weighted by Gasteiger charge is 2.18. The number of nitrogens with one attached hydrogen (secondary N) is 1. The summed E-state index contributed by atoms with van der Waals surface area (Å²) in [7, 11) is -4.14. The molecule has 0 fully saturated rings. The monoisotopic (exact) mass is 427 g/mol. The van der Waals surface area contributed by atoms with Crippen molar-refractivity contribution in [3.05, 3.63) is 57.6 Å². The number of nitrogens with zero attached hydrogens (tertiary/aromatic N) is 1. The van der Waals surface area contributed by atoms with E-state index in [2.05, 4.69) is 5.32 Å². The lowest BCUT2D eigenvalue weighted by Gasteiger charge is -2.09. The molecule has 8 nitrogen and oxygen atoms in total. The molecule has 0 radical (unpaired) electrons. The molecule has 0 unspecified atom stereocenters. The smallest absolute Gasteiger partial charge is 0.338 e. The zero-order valence-corrected chi connectivity index (χ0v) is 15.7. The number of rotatable bonds is 5. The largest absolute Gasteiger partial charge is 0.452 e. The minimum Gasteiger partial charge on any atom is -0.452 e. The maximum absolute atomic E-state index is 12.0. The Bertz CT molecular complexity index is 1060. The molecular weight excluding hydrogens is 417 g/mol. The van der Waals surface area contributed by atoms with Crippen molar-refractivity contribution in [2.75, 3.05) is 11.9 Å². The van der Waals surface area contributed by atoms with Crippen molar-refractivity contribution in [2.45, 2.75) is 4.90 Å². The average molecular weight is 428 g/mol. The number of sulfonamides is 1.